The van der Waals surface area contributed by atoms with E-state index in [9.17, 15) is 18.3 Å². The Balaban J connectivity index is 1.44. The van der Waals surface area contributed by atoms with Crippen LogP contribution in [0.25, 0.3) is 0 Å². The van der Waals surface area contributed by atoms with Crippen LogP contribution in [0.5, 0.6) is 11.5 Å². The van der Waals surface area contributed by atoms with Gasteiger partial charge < -0.3 is 24.2 Å². The highest BCUT2D eigenvalue weighted by Gasteiger charge is 2.31. The fraction of sp³-hybridized carbons (Fsp3) is 0.478. The van der Waals surface area contributed by atoms with Gasteiger partial charge in [0.15, 0.2) is 0 Å². The molecule has 0 bridgehead atoms. The fourth-order valence-corrected chi connectivity index (χ4v) is 3.72. The summed E-state index contributed by atoms with van der Waals surface area (Å²) in [7, 11) is 3.17. The molecular formula is C23H29F3N2O4. The Bertz CT molecular complexity index is 871. The van der Waals surface area contributed by atoms with E-state index >= 15 is 0 Å². The van der Waals surface area contributed by atoms with Crippen LogP contribution in [-0.4, -0.2) is 69.7 Å². The zero-order valence-electron chi connectivity index (χ0n) is 18.3. The average molecular weight is 454 g/mol. The normalized spacial score (nSPS) is 16.1. The number of hydrogen-bond acceptors (Lipinski definition) is 6. The minimum Gasteiger partial charge on any atom is -0.497 e. The molecule has 0 unspecified atom stereocenters. The third kappa shape index (κ3) is 6.51. The van der Waals surface area contributed by atoms with Crippen LogP contribution < -0.4 is 14.4 Å². The van der Waals surface area contributed by atoms with Gasteiger partial charge in [-0.15, -0.1) is 0 Å². The Morgan fingerprint density at radius 2 is 1.75 bits per heavy atom. The number of methoxy groups -OCH3 is 2. The number of benzene rings is 2. The summed E-state index contributed by atoms with van der Waals surface area (Å²) in [6.07, 6.45) is -5.02. The SMILES string of the molecule is COc1ccc(OC)c(COC[C@@H](O)CN2CCN(c3cccc(C(F)(F)F)c3)CC2)c1. The van der Waals surface area contributed by atoms with Crippen molar-refractivity contribution >= 4 is 5.69 Å². The van der Waals surface area contributed by atoms with E-state index < -0.39 is 17.8 Å². The van der Waals surface area contributed by atoms with Gasteiger partial charge >= 0.3 is 6.18 Å². The van der Waals surface area contributed by atoms with E-state index in [1.54, 1.807) is 32.4 Å². The molecule has 1 fully saturated rings. The third-order valence-electron chi connectivity index (χ3n) is 5.44. The molecule has 6 nitrogen and oxygen atoms in total. The first-order valence-electron chi connectivity index (χ1n) is 10.4. The van der Waals surface area contributed by atoms with Crippen LogP contribution in [-0.2, 0) is 17.5 Å². The van der Waals surface area contributed by atoms with Gasteiger partial charge in [-0.1, -0.05) is 6.07 Å². The highest BCUT2D eigenvalue weighted by Crippen LogP contribution is 2.32. The van der Waals surface area contributed by atoms with Gasteiger partial charge in [-0.3, -0.25) is 4.90 Å². The van der Waals surface area contributed by atoms with Crippen molar-refractivity contribution in [2.75, 3.05) is 58.5 Å². The summed E-state index contributed by atoms with van der Waals surface area (Å²) in [6, 6.07) is 10.8. The second-order valence-corrected chi connectivity index (χ2v) is 7.68. The number of piperazine rings is 1. The molecule has 1 heterocycles. The number of nitrogens with zero attached hydrogens (tertiary/aromatic N) is 2. The molecule has 1 N–H and O–H groups in total. The van der Waals surface area contributed by atoms with Gasteiger partial charge in [0, 0.05) is 44.0 Å². The van der Waals surface area contributed by atoms with E-state index in [0.29, 0.717) is 49.9 Å². The van der Waals surface area contributed by atoms with Gasteiger partial charge in [0.2, 0.25) is 0 Å². The Labute approximate surface area is 186 Å². The Morgan fingerprint density at radius 3 is 2.41 bits per heavy atom. The molecule has 0 spiro atoms. The van der Waals surface area contributed by atoms with Crippen molar-refractivity contribution in [3.8, 4) is 11.5 Å². The summed E-state index contributed by atoms with van der Waals surface area (Å²) in [5.74, 6) is 1.38. The van der Waals surface area contributed by atoms with E-state index in [0.717, 1.165) is 11.6 Å². The second-order valence-electron chi connectivity index (χ2n) is 7.68. The standard InChI is InChI=1S/C23H29F3N2O4/c1-30-21-6-7-22(31-2)17(12-21)15-32-16-20(29)14-27-8-10-28(11-9-27)19-5-3-4-18(13-19)23(24,25)26/h3-7,12-13,20,29H,8-11,14-16H2,1-2H3/t20-/m0/s1. The van der Waals surface area contributed by atoms with Crippen LogP contribution in [0, 0.1) is 0 Å². The number of rotatable bonds is 9. The van der Waals surface area contributed by atoms with E-state index in [1.807, 2.05) is 11.0 Å². The number of anilines is 1. The van der Waals surface area contributed by atoms with E-state index in [1.165, 1.54) is 12.1 Å². The number of aliphatic hydroxyl groups excluding tert-OH is 1. The van der Waals surface area contributed by atoms with Gasteiger partial charge in [0.1, 0.15) is 11.5 Å². The lowest BCUT2D eigenvalue weighted by atomic mass is 10.1. The topological polar surface area (TPSA) is 54.4 Å². The number of halogens is 3. The molecule has 1 aliphatic heterocycles. The van der Waals surface area contributed by atoms with Crippen molar-refractivity contribution in [1.29, 1.82) is 0 Å². The molecule has 9 heteroatoms. The predicted octanol–water partition coefficient (Wildman–Crippen LogP) is 3.42. The van der Waals surface area contributed by atoms with Gasteiger partial charge in [-0.25, -0.2) is 0 Å². The molecule has 176 valence electrons. The molecule has 1 saturated heterocycles. The summed E-state index contributed by atoms with van der Waals surface area (Å²) >= 11 is 0. The van der Waals surface area contributed by atoms with Gasteiger partial charge in [-0.05, 0) is 36.4 Å². The molecule has 1 aliphatic rings. The lowest BCUT2D eigenvalue weighted by molar-refractivity contribution is -0.137. The fourth-order valence-electron chi connectivity index (χ4n) is 3.72. The van der Waals surface area contributed by atoms with Crippen molar-refractivity contribution in [2.24, 2.45) is 0 Å². The Hall–Kier alpha value is -2.49. The maximum Gasteiger partial charge on any atom is 0.416 e. The van der Waals surface area contributed by atoms with Gasteiger partial charge in [0.05, 0.1) is 39.1 Å². The first-order valence-corrected chi connectivity index (χ1v) is 10.4. The number of hydrogen-bond donors (Lipinski definition) is 1. The number of aliphatic hydroxyl groups is 1. The van der Waals surface area contributed by atoms with Crippen molar-refractivity contribution < 1.29 is 32.5 Å². The molecule has 2 aromatic carbocycles. The zero-order valence-corrected chi connectivity index (χ0v) is 18.3. The van der Waals surface area contributed by atoms with Crippen LogP contribution in [0.15, 0.2) is 42.5 Å². The maximum absolute atomic E-state index is 13.0. The first-order chi connectivity index (χ1) is 15.3. The summed E-state index contributed by atoms with van der Waals surface area (Å²) < 4.78 is 55.1. The third-order valence-corrected chi connectivity index (χ3v) is 5.44. The highest BCUT2D eigenvalue weighted by atomic mass is 19.4. The molecule has 2 aromatic rings. The Kier molecular flexibility index (Phi) is 8.22. The number of alkyl halides is 3. The lowest BCUT2D eigenvalue weighted by Gasteiger charge is -2.37. The summed E-state index contributed by atoms with van der Waals surface area (Å²) in [5, 5.41) is 10.4. The molecular weight excluding hydrogens is 425 g/mol. The number of β-amino-alcohol motifs (C(OH)–C–C–N with tert-alkyl or cyclic N) is 1. The molecule has 0 amide bonds. The van der Waals surface area contributed by atoms with Crippen molar-refractivity contribution in [3.05, 3.63) is 53.6 Å². The van der Waals surface area contributed by atoms with E-state index in [4.69, 9.17) is 14.2 Å². The zero-order chi connectivity index (χ0) is 23.1. The number of ether oxygens (including phenoxy) is 3. The van der Waals surface area contributed by atoms with Crippen molar-refractivity contribution in [2.45, 2.75) is 18.9 Å². The van der Waals surface area contributed by atoms with Crippen molar-refractivity contribution in [3.63, 3.8) is 0 Å². The molecule has 0 aliphatic carbocycles. The predicted molar refractivity (Wildman–Crippen MR) is 115 cm³/mol. The molecule has 0 aromatic heterocycles. The quantitative estimate of drug-likeness (QED) is 0.627. The molecule has 0 saturated carbocycles. The van der Waals surface area contributed by atoms with Crippen LogP contribution in [0.4, 0.5) is 18.9 Å². The lowest BCUT2D eigenvalue weighted by Crippen LogP contribution is -2.49. The first kappa shape index (κ1) is 24.2. The van der Waals surface area contributed by atoms with Gasteiger partial charge in [0.25, 0.3) is 0 Å². The van der Waals surface area contributed by atoms with Crippen LogP contribution >= 0.6 is 0 Å². The van der Waals surface area contributed by atoms with Crippen LogP contribution in [0.1, 0.15) is 11.1 Å². The smallest absolute Gasteiger partial charge is 0.416 e. The second kappa shape index (κ2) is 10.9. The maximum atomic E-state index is 13.0. The molecule has 32 heavy (non-hydrogen) atoms. The average Bonchev–Trinajstić information content (AvgIpc) is 2.79. The largest absolute Gasteiger partial charge is 0.497 e. The summed E-state index contributed by atoms with van der Waals surface area (Å²) in [4.78, 5) is 4.02. The monoisotopic (exact) mass is 454 g/mol. The van der Waals surface area contributed by atoms with E-state index in [-0.39, 0.29) is 13.2 Å². The van der Waals surface area contributed by atoms with E-state index in [2.05, 4.69) is 4.90 Å². The minimum atomic E-state index is -4.35. The molecule has 1 atom stereocenters. The highest BCUT2D eigenvalue weighted by molar-refractivity contribution is 5.49. The Morgan fingerprint density at radius 1 is 1.00 bits per heavy atom. The van der Waals surface area contributed by atoms with Crippen LogP contribution in [0.3, 0.4) is 0 Å². The van der Waals surface area contributed by atoms with Crippen molar-refractivity contribution in [1.82, 2.24) is 4.90 Å². The van der Waals surface area contributed by atoms with Crippen LogP contribution in [0.2, 0.25) is 0 Å². The van der Waals surface area contributed by atoms with Gasteiger partial charge in [-0.2, -0.15) is 13.2 Å². The summed E-state index contributed by atoms with van der Waals surface area (Å²) in [6.45, 7) is 3.36. The minimum absolute atomic E-state index is 0.161. The molecule has 0 radical (unpaired) electrons. The summed E-state index contributed by atoms with van der Waals surface area (Å²) in [5.41, 5.74) is 0.752. The molecule has 3 rings (SSSR count).